The number of hydrogen-bond donors (Lipinski definition) is 1. The van der Waals surface area contributed by atoms with E-state index in [4.69, 9.17) is 14.8 Å². The first-order valence-corrected chi connectivity index (χ1v) is 11.3. The van der Waals surface area contributed by atoms with E-state index in [0.717, 1.165) is 54.3 Å². The molecule has 0 spiro atoms. The second-order valence-electron chi connectivity index (χ2n) is 8.33. The van der Waals surface area contributed by atoms with Gasteiger partial charge in [0.2, 0.25) is 5.95 Å². The van der Waals surface area contributed by atoms with Crippen molar-refractivity contribution in [3.8, 4) is 11.4 Å². The minimum absolute atomic E-state index is 0.223. The van der Waals surface area contributed by atoms with Crippen molar-refractivity contribution in [2.45, 2.75) is 51.9 Å². The van der Waals surface area contributed by atoms with Crippen LogP contribution in [0.3, 0.4) is 0 Å². The number of hydrogen-bond acceptors (Lipinski definition) is 4. The summed E-state index contributed by atoms with van der Waals surface area (Å²) in [6.07, 6.45) is 6.31. The van der Waals surface area contributed by atoms with Crippen LogP contribution >= 0.6 is 0 Å². The normalized spacial score (nSPS) is 14.2. The third kappa shape index (κ3) is 5.19. The molecule has 0 atom stereocenters. The molecule has 2 aromatic carbocycles. The highest BCUT2D eigenvalue weighted by atomic mass is 16.5. The zero-order valence-electron chi connectivity index (χ0n) is 18.2. The van der Waals surface area contributed by atoms with Gasteiger partial charge in [-0.25, -0.2) is 4.98 Å². The molecule has 1 aromatic heterocycles. The molecule has 1 fully saturated rings. The first-order valence-electron chi connectivity index (χ1n) is 11.3. The van der Waals surface area contributed by atoms with Gasteiger partial charge in [0, 0.05) is 31.3 Å². The number of aromatic nitrogens is 2. The lowest BCUT2D eigenvalue weighted by atomic mass is 10.1. The summed E-state index contributed by atoms with van der Waals surface area (Å²) in [4.78, 5) is 18.0. The van der Waals surface area contributed by atoms with E-state index in [1.54, 1.807) is 0 Å². The Bertz CT molecular complexity index is 1020. The number of carboxylic acid groups (broad SMARTS) is 1. The summed E-state index contributed by atoms with van der Waals surface area (Å²) in [7, 11) is 0. The van der Waals surface area contributed by atoms with Crippen molar-refractivity contribution >= 4 is 23.0 Å². The van der Waals surface area contributed by atoms with Gasteiger partial charge in [0.15, 0.2) is 0 Å². The standard InChI is InChI=1S/C25H31N3O3/c1-19-9-11-20(12-10-19)28-23-18-21(31-17-7-2-4-8-24(29)30)13-14-22(23)26-25(28)27-15-5-3-6-16-27/h9-14,18H,2-8,15-17H2,1H3,(H,29,30). The molecule has 6 heteroatoms. The molecule has 6 nitrogen and oxygen atoms in total. The number of carboxylic acids is 1. The predicted octanol–water partition coefficient (Wildman–Crippen LogP) is 5.35. The van der Waals surface area contributed by atoms with Gasteiger partial charge in [0.05, 0.1) is 17.6 Å². The maximum Gasteiger partial charge on any atom is 0.303 e. The number of imidazole rings is 1. The molecule has 2 heterocycles. The Balaban J connectivity index is 1.58. The molecule has 0 radical (unpaired) electrons. The summed E-state index contributed by atoms with van der Waals surface area (Å²) in [6, 6.07) is 14.7. The molecular weight excluding hydrogens is 390 g/mol. The molecule has 1 aliphatic rings. The summed E-state index contributed by atoms with van der Waals surface area (Å²) in [5, 5.41) is 8.74. The highest BCUT2D eigenvalue weighted by molar-refractivity contribution is 5.83. The molecule has 1 aliphatic heterocycles. The third-order valence-electron chi connectivity index (χ3n) is 5.84. The quantitative estimate of drug-likeness (QED) is 0.472. The van der Waals surface area contributed by atoms with Gasteiger partial charge in [-0.1, -0.05) is 17.7 Å². The predicted molar refractivity (Wildman–Crippen MR) is 123 cm³/mol. The minimum Gasteiger partial charge on any atom is -0.494 e. The average molecular weight is 422 g/mol. The van der Waals surface area contributed by atoms with Crippen molar-refractivity contribution in [3.05, 3.63) is 48.0 Å². The van der Waals surface area contributed by atoms with E-state index in [2.05, 4.69) is 46.7 Å². The van der Waals surface area contributed by atoms with Crippen LogP contribution in [0.5, 0.6) is 5.75 Å². The Morgan fingerprint density at radius 1 is 1.03 bits per heavy atom. The van der Waals surface area contributed by atoms with E-state index >= 15 is 0 Å². The number of ether oxygens (including phenoxy) is 1. The van der Waals surface area contributed by atoms with Gasteiger partial charge in [-0.3, -0.25) is 9.36 Å². The van der Waals surface area contributed by atoms with Crippen LogP contribution < -0.4 is 9.64 Å². The van der Waals surface area contributed by atoms with E-state index in [9.17, 15) is 4.79 Å². The number of nitrogens with zero attached hydrogens (tertiary/aromatic N) is 3. The van der Waals surface area contributed by atoms with Gasteiger partial charge in [-0.15, -0.1) is 0 Å². The number of rotatable bonds is 9. The number of carbonyl (C=O) groups is 1. The minimum atomic E-state index is -0.736. The lowest BCUT2D eigenvalue weighted by Gasteiger charge is -2.28. The Hall–Kier alpha value is -3.02. The highest BCUT2D eigenvalue weighted by Gasteiger charge is 2.20. The lowest BCUT2D eigenvalue weighted by Crippen LogP contribution is -2.31. The number of aryl methyl sites for hydroxylation is 1. The summed E-state index contributed by atoms with van der Waals surface area (Å²) >= 11 is 0. The van der Waals surface area contributed by atoms with Crippen LogP contribution in [0.1, 0.15) is 50.5 Å². The average Bonchev–Trinajstić information content (AvgIpc) is 3.16. The van der Waals surface area contributed by atoms with Crippen LogP contribution in [0.15, 0.2) is 42.5 Å². The van der Waals surface area contributed by atoms with Gasteiger partial charge in [-0.2, -0.15) is 0 Å². The Morgan fingerprint density at radius 3 is 2.55 bits per heavy atom. The zero-order valence-corrected chi connectivity index (χ0v) is 18.2. The molecule has 1 saturated heterocycles. The molecule has 1 N–H and O–H groups in total. The van der Waals surface area contributed by atoms with Crippen LogP contribution in [0.4, 0.5) is 5.95 Å². The maximum absolute atomic E-state index is 10.6. The molecule has 164 valence electrons. The van der Waals surface area contributed by atoms with Crippen molar-refractivity contribution in [3.63, 3.8) is 0 Å². The number of aliphatic carboxylic acids is 1. The number of unbranched alkanes of at least 4 members (excludes halogenated alkanes) is 2. The number of anilines is 1. The highest BCUT2D eigenvalue weighted by Crippen LogP contribution is 2.31. The number of benzene rings is 2. The molecular formula is C25H31N3O3. The topological polar surface area (TPSA) is 67.6 Å². The Morgan fingerprint density at radius 2 is 1.81 bits per heavy atom. The molecule has 3 aromatic rings. The number of fused-ring (bicyclic) bond motifs is 1. The SMILES string of the molecule is Cc1ccc(-n2c(N3CCCCC3)nc3ccc(OCCCCCC(=O)O)cc32)cc1. The van der Waals surface area contributed by atoms with E-state index < -0.39 is 5.97 Å². The summed E-state index contributed by atoms with van der Waals surface area (Å²) in [5.41, 5.74) is 4.36. The first kappa shape index (κ1) is 21.2. The van der Waals surface area contributed by atoms with Gasteiger partial charge in [0.25, 0.3) is 0 Å². The van der Waals surface area contributed by atoms with Crippen molar-refractivity contribution in [1.82, 2.24) is 9.55 Å². The van der Waals surface area contributed by atoms with E-state index in [-0.39, 0.29) is 6.42 Å². The molecule has 31 heavy (non-hydrogen) atoms. The van der Waals surface area contributed by atoms with Crippen LogP contribution in [-0.2, 0) is 4.79 Å². The van der Waals surface area contributed by atoms with Crippen molar-refractivity contribution < 1.29 is 14.6 Å². The van der Waals surface area contributed by atoms with Crippen molar-refractivity contribution in [2.24, 2.45) is 0 Å². The van der Waals surface area contributed by atoms with Crippen molar-refractivity contribution in [2.75, 3.05) is 24.6 Å². The smallest absolute Gasteiger partial charge is 0.303 e. The molecule has 0 amide bonds. The maximum atomic E-state index is 10.6. The second-order valence-corrected chi connectivity index (χ2v) is 8.33. The lowest BCUT2D eigenvalue weighted by molar-refractivity contribution is -0.137. The van der Waals surface area contributed by atoms with Gasteiger partial charge in [-0.05, 0) is 69.7 Å². The fourth-order valence-corrected chi connectivity index (χ4v) is 4.13. The molecule has 0 aliphatic carbocycles. The first-order chi connectivity index (χ1) is 15.1. The van der Waals surface area contributed by atoms with Crippen LogP contribution in [0, 0.1) is 6.92 Å². The van der Waals surface area contributed by atoms with E-state index in [1.807, 2.05) is 12.1 Å². The molecule has 0 bridgehead atoms. The van der Waals surface area contributed by atoms with Crippen molar-refractivity contribution in [1.29, 1.82) is 0 Å². The van der Waals surface area contributed by atoms with Crippen LogP contribution in [-0.4, -0.2) is 40.3 Å². The van der Waals surface area contributed by atoms with Crippen LogP contribution in [0.2, 0.25) is 0 Å². The fourth-order valence-electron chi connectivity index (χ4n) is 4.13. The monoisotopic (exact) mass is 421 g/mol. The van der Waals surface area contributed by atoms with Gasteiger partial charge >= 0.3 is 5.97 Å². The van der Waals surface area contributed by atoms with Gasteiger partial charge in [0.1, 0.15) is 5.75 Å². The second kappa shape index (κ2) is 9.86. The fraction of sp³-hybridized carbons (Fsp3) is 0.440. The summed E-state index contributed by atoms with van der Waals surface area (Å²) in [6.45, 7) is 4.76. The van der Waals surface area contributed by atoms with E-state index in [1.165, 1.54) is 24.8 Å². The van der Waals surface area contributed by atoms with E-state index in [0.29, 0.717) is 13.0 Å². The van der Waals surface area contributed by atoms with Gasteiger partial charge < -0.3 is 14.7 Å². The van der Waals surface area contributed by atoms with Crippen LogP contribution in [0.25, 0.3) is 16.7 Å². The Labute approximate surface area is 183 Å². The Kier molecular flexibility index (Phi) is 6.75. The molecule has 0 saturated carbocycles. The molecule has 0 unspecified atom stereocenters. The third-order valence-corrected chi connectivity index (χ3v) is 5.84. The zero-order chi connectivity index (χ0) is 21.6. The summed E-state index contributed by atoms with van der Waals surface area (Å²) in [5.74, 6) is 1.09. The summed E-state index contributed by atoms with van der Waals surface area (Å²) < 4.78 is 8.23. The number of piperidine rings is 1. The largest absolute Gasteiger partial charge is 0.494 e. The molecule has 4 rings (SSSR count).